The Bertz CT molecular complexity index is 688. The maximum absolute atomic E-state index is 11.1. The van der Waals surface area contributed by atoms with Gasteiger partial charge in [0, 0.05) is 60.4 Å². The van der Waals surface area contributed by atoms with Gasteiger partial charge in [0.15, 0.2) is 0 Å². The van der Waals surface area contributed by atoms with Gasteiger partial charge < -0.3 is 15.5 Å². The van der Waals surface area contributed by atoms with Crippen LogP contribution in [0.2, 0.25) is 5.02 Å². The summed E-state index contributed by atoms with van der Waals surface area (Å²) in [6.07, 6.45) is 1.73. The lowest BCUT2D eigenvalue weighted by atomic mass is 10.1. The van der Waals surface area contributed by atoms with Gasteiger partial charge in [-0.05, 0) is 23.6 Å². The highest BCUT2D eigenvalue weighted by atomic mass is 127. The number of carbonyl (C=O) groups excluding carboxylic acids is 1. The summed E-state index contributed by atoms with van der Waals surface area (Å²) in [5.41, 5.74) is 1.03. The molecule has 1 aromatic heterocycles. The first-order valence-electron chi connectivity index (χ1n) is 6.65. The summed E-state index contributed by atoms with van der Waals surface area (Å²) in [4.78, 5) is 17.6. The molecule has 5 nitrogen and oxygen atoms in total. The molecule has 21 heavy (non-hydrogen) atoms. The molecule has 0 bridgehead atoms. The second-order valence-electron chi connectivity index (χ2n) is 4.86. The number of hydrogen-bond acceptors (Lipinski definition) is 4. The van der Waals surface area contributed by atoms with E-state index < -0.39 is 0 Å². The van der Waals surface area contributed by atoms with Crippen molar-refractivity contribution in [1.29, 1.82) is 0 Å². The predicted octanol–water partition coefficient (Wildman–Crippen LogP) is 3.26. The van der Waals surface area contributed by atoms with Gasteiger partial charge >= 0.3 is 0 Å². The van der Waals surface area contributed by atoms with Crippen LogP contribution in [0.25, 0.3) is 10.8 Å². The lowest BCUT2D eigenvalue weighted by molar-refractivity contribution is 0.271. The molecular formula is C14H14ClIN4O. The van der Waals surface area contributed by atoms with E-state index in [2.05, 4.69) is 26.6 Å². The number of fused-ring (bicyclic) bond motifs is 1. The molecule has 1 aliphatic rings. The van der Waals surface area contributed by atoms with Crippen LogP contribution in [0.4, 0.5) is 16.3 Å². The molecule has 1 saturated heterocycles. The molecule has 0 saturated carbocycles. The number of amides is 1. The fourth-order valence-corrected chi connectivity index (χ4v) is 3.04. The van der Waals surface area contributed by atoms with Crippen LogP contribution < -0.4 is 15.5 Å². The number of halogens is 2. The van der Waals surface area contributed by atoms with E-state index in [1.807, 2.05) is 12.1 Å². The quantitative estimate of drug-likeness (QED) is 0.448. The minimum absolute atomic E-state index is 0.157. The number of nitrogens with zero attached hydrogens (tertiary/aromatic N) is 2. The van der Waals surface area contributed by atoms with E-state index in [-0.39, 0.29) is 3.91 Å². The molecule has 0 unspecified atom stereocenters. The van der Waals surface area contributed by atoms with E-state index >= 15 is 0 Å². The van der Waals surface area contributed by atoms with Gasteiger partial charge in [-0.3, -0.25) is 4.79 Å². The summed E-state index contributed by atoms with van der Waals surface area (Å²) in [5.74, 6) is 0.551. The molecule has 0 radical (unpaired) electrons. The number of anilines is 2. The average molecular weight is 417 g/mol. The third-order valence-corrected chi connectivity index (χ3v) is 4.04. The van der Waals surface area contributed by atoms with Gasteiger partial charge in [0.05, 0.1) is 10.7 Å². The molecule has 2 aromatic rings. The highest BCUT2D eigenvalue weighted by molar-refractivity contribution is 14.1. The van der Waals surface area contributed by atoms with Gasteiger partial charge in [-0.1, -0.05) is 11.6 Å². The zero-order valence-corrected chi connectivity index (χ0v) is 14.1. The number of rotatable bonds is 2. The van der Waals surface area contributed by atoms with E-state index in [4.69, 9.17) is 11.6 Å². The first kappa shape index (κ1) is 14.8. The summed E-state index contributed by atoms with van der Waals surface area (Å²) < 4.78 is -0.157. The molecule has 3 rings (SSSR count). The Morgan fingerprint density at radius 2 is 2.05 bits per heavy atom. The van der Waals surface area contributed by atoms with Gasteiger partial charge in [-0.25, -0.2) is 4.98 Å². The smallest absolute Gasteiger partial charge is 0.286 e. The molecule has 0 aliphatic carbocycles. The van der Waals surface area contributed by atoms with Crippen molar-refractivity contribution in [1.82, 2.24) is 10.3 Å². The maximum atomic E-state index is 11.1. The summed E-state index contributed by atoms with van der Waals surface area (Å²) in [7, 11) is 0. The fraction of sp³-hybridized carbons (Fsp3) is 0.286. The van der Waals surface area contributed by atoms with Crippen LogP contribution >= 0.6 is 34.2 Å². The lowest BCUT2D eigenvalue weighted by Gasteiger charge is -2.30. The van der Waals surface area contributed by atoms with Crippen LogP contribution in [0.5, 0.6) is 0 Å². The maximum Gasteiger partial charge on any atom is 0.286 e. The average Bonchev–Trinajstić information content (AvgIpc) is 2.47. The van der Waals surface area contributed by atoms with Gasteiger partial charge in [-0.15, -0.1) is 0 Å². The van der Waals surface area contributed by atoms with Crippen molar-refractivity contribution in [2.75, 3.05) is 36.4 Å². The Kier molecular flexibility index (Phi) is 4.46. The van der Waals surface area contributed by atoms with Gasteiger partial charge in [0.1, 0.15) is 5.82 Å². The van der Waals surface area contributed by atoms with Crippen molar-refractivity contribution in [3.63, 3.8) is 0 Å². The van der Waals surface area contributed by atoms with E-state index in [0.717, 1.165) is 47.7 Å². The number of carbonyl (C=O) groups is 1. The summed E-state index contributed by atoms with van der Waals surface area (Å²) >= 11 is 8.09. The van der Waals surface area contributed by atoms with E-state index in [9.17, 15) is 4.79 Å². The highest BCUT2D eigenvalue weighted by Crippen LogP contribution is 2.32. The van der Waals surface area contributed by atoms with Crippen molar-refractivity contribution in [3.8, 4) is 0 Å². The van der Waals surface area contributed by atoms with Crippen LogP contribution in [0.15, 0.2) is 24.4 Å². The number of nitrogens with one attached hydrogen (secondary N) is 2. The first-order chi connectivity index (χ1) is 10.1. The summed E-state index contributed by atoms with van der Waals surface area (Å²) in [5, 5.41) is 8.73. The molecule has 1 fully saturated rings. The molecule has 7 heteroatoms. The molecule has 1 amide bonds. The fourth-order valence-electron chi connectivity index (χ4n) is 2.47. The Morgan fingerprint density at radius 3 is 2.76 bits per heavy atom. The summed E-state index contributed by atoms with van der Waals surface area (Å²) in [6, 6.07) is 5.86. The standard InChI is InChI=1S/C14H14ClIN4O/c15-11-5-10-8-18-13(19-14(16)21)7-9(10)6-12(11)20-3-1-17-2-4-20/h5-8,17H,1-4H2,(H,18,19,21). The number of benzene rings is 1. The van der Waals surface area contributed by atoms with Crippen LogP contribution in [0.3, 0.4) is 0 Å². The molecule has 1 aromatic carbocycles. The van der Waals surface area contributed by atoms with E-state index in [1.54, 1.807) is 28.8 Å². The third kappa shape index (κ3) is 3.38. The van der Waals surface area contributed by atoms with Crippen LogP contribution in [-0.4, -0.2) is 35.1 Å². The Hall–Kier alpha value is -1.12. The number of pyridine rings is 1. The Labute approximate surface area is 141 Å². The third-order valence-electron chi connectivity index (χ3n) is 3.47. The van der Waals surface area contributed by atoms with E-state index in [1.165, 1.54) is 0 Å². The molecule has 0 spiro atoms. The molecule has 2 heterocycles. The van der Waals surface area contributed by atoms with Crippen LogP contribution in [0, 0.1) is 0 Å². The number of hydrogen-bond donors (Lipinski definition) is 2. The topological polar surface area (TPSA) is 57.3 Å². The second-order valence-corrected chi connectivity index (χ2v) is 6.24. The highest BCUT2D eigenvalue weighted by Gasteiger charge is 2.14. The zero-order valence-electron chi connectivity index (χ0n) is 11.2. The SMILES string of the molecule is O=C(I)Nc1cc2cc(N3CCNCC3)c(Cl)cc2cn1. The van der Waals surface area contributed by atoms with Crippen molar-refractivity contribution in [3.05, 3.63) is 29.4 Å². The monoisotopic (exact) mass is 416 g/mol. The van der Waals surface area contributed by atoms with Gasteiger partial charge in [0.25, 0.3) is 3.91 Å². The minimum atomic E-state index is -0.157. The van der Waals surface area contributed by atoms with Gasteiger partial charge in [-0.2, -0.15) is 0 Å². The largest absolute Gasteiger partial charge is 0.368 e. The minimum Gasteiger partial charge on any atom is -0.368 e. The lowest BCUT2D eigenvalue weighted by Crippen LogP contribution is -2.43. The van der Waals surface area contributed by atoms with Crippen molar-refractivity contribution >= 4 is 60.4 Å². The van der Waals surface area contributed by atoms with E-state index in [0.29, 0.717) is 5.82 Å². The normalized spacial score (nSPS) is 15.2. The van der Waals surface area contributed by atoms with Crippen LogP contribution in [0.1, 0.15) is 0 Å². The molecule has 110 valence electrons. The van der Waals surface area contributed by atoms with Gasteiger partial charge in [0.2, 0.25) is 0 Å². The summed E-state index contributed by atoms with van der Waals surface area (Å²) in [6.45, 7) is 3.79. The molecule has 2 N–H and O–H groups in total. The Morgan fingerprint density at radius 1 is 1.29 bits per heavy atom. The van der Waals surface area contributed by atoms with Crippen molar-refractivity contribution < 1.29 is 4.79 Å². The zero-order chi connectivity index (χ0) is 14.8. The molecule has 1 aliphatic heterocycles. The van der Waals surface area contributed by atoms with Crippen molar-refractivity contribution in [2.24, 2.45) is 0 Å². The Balaban J connectivity index is 2.00. The van der Waals surface area contributed by atoms with Crippen molar-refractivity contribution in [2.45, 2.75) is 0 Å². The second kappa shape index (κ2) is 6.33. The first-order valence-corrected chi connectivity index (χ1v) is 8.10. The molecule has 0 atom stereocenters. The number of aromatic nitrogens is 1. The molecular weight excluding hydrogens is 403 g/mol. The number of piperazine rings is 1. The van der Waals surface area contributed by atoms with Crippen LogP contribution in [-0.2, 0) is 0 Å². The predicted molar refractivity (Wildman–Crippen MR) is 94.9 cm³/mol.